The van der Waals surface area contributed by atoms with Gasteiger partial charge in [-0.2, -0.15) is 0 Å². The SMILES string of the molecule is C[C@H]1CCCN1C(=O)c1ccc(S(=O)(=O)NC2CCOCC2)cc1. The van der Waals surface area contributed by atoms with Crippen molar-refractivity contribution in [1.82, 2.24) is 9.62 Å². The molecule has 0 unspecified atom stereocenters. The van der Waals surface area contributed by atoms with E-state index in [1.807, 2.05) is 11.8 Å². The maximum absolute atomic E-state index is 12.5. The number of amides is 1. The molecule has 0 spiro atoms. The zero-order chi connectivity index (χ0) is 17.2. The number of hydrogen-bond acceptors (Lipinski definition) is 4. The first-order chi connectivity index (χ1) is 11.5. The molecule has 1 aromatic carbocycles. The lowest BCUT2D eigenvalue weighted by molar-refractivity contribution is 0.0747. The number of nitrogens with zero attached hydrogens (tertiary/aromatic N) is 1. The Labute approximate surface area is 143 Å². The second-order valence-corrected chi connectivity index (χ2v) is 8.24. The minimum Gasteiger partial charge on any atom is -0.381 e. The average molecular weight is 352 g/mol. The molecular weight excluding hydrogens is 328 g/mol. The Kier molecular flexibility index (Phi) is 5.22. The number of carbonyl (C=O) groups excluding carboxylic acids is 1. The zero-order valence-electron chi connectivity index (χ0n) is 13.9. The molecule has 6 nitrogen and oxygen atoms in total. The third-order valence-corrected chi connectivity index (χ3v) is 6.30. The molecule has 0 radical (unpaired) electrons. The molecule has 2 aliphatic heterocycles. The molecule has 3 rings (SSSR count). The minimum absolute atomic E-state index is 0.0265. The largest absolute Gasteiger partial charge is 0.381 e. The number of hydrogen-bond donors (Lipinski definition) is 1. The van der Waals surface area contributed by atoms with E-state index in [4.69, 9.17) is 4.74 Å². The second kappa shape index (κ2) is 7.21. The number of carbonyl (C=O) groups is 1. The van der Waals surface area contributed by atoms with Gasteiger partial charge < -0.3 is 9.64 Å². The van der Waals surface area contributed by atoms with Gasteiger partial charge in [0.25, 0.3) is 5.91 Å². The van der Waals surface area contributed by atoms with E-state index in [0.717, 1.165) is 19.4 Å². The van der Waals surface area contributed by atoms with Gasteiger partial charge in [-0.1, -0.05) is 0 Å². The number of ether oxygens (including phenoxy) is 1. The molecule has 1 N–H and O–H groups in total. The third-order valence-electron chi connectivity index (χ3n) is 4.77. The zero-order valence-corrected chi connectivity index (χ0v) is 14.7. The van der Waals surface area contributed by atoms with E-state index in [-0.39, 0.29) is 22.9 Å². The van der Waals surface area contributed by atoms with Crippen LogP contribution in [0.2, 0.25) is 0 Å². The number of rotatable bonds is 4. The van der Waals surface area contributed by atoms with Crippen molar-refractivity contribution >= 4 is 15.9 Å². The van der Waals surface area contributed by atoms with E-state index in [0.29, 0.717) is 31.6 Å². The van der Waals surface area contributed by atoms with E-state index in [1.165, 1.54) is 12.1 Å². The van der Waals surface area contributed by atoms with Gasteiger partial charge in [-0.25, -0.2) is 13.1 Å². The Morgan fingerprint density at radius 1 is 1.17 bits per heavy atom. The summed E-state index contributed by atoms with van der Waals surface area (Å²) in [4.78, 5) is 14.5. The van der Waals surface area contributed by atoms with E-state index >= 15 is 0 Å². The van der Waals surface area contributed by atoms with Crippen molar-refractivity contribution < 1.29 is 17.9 Å². The molecule has 0 bridgehead atoms. The van der Waals surface area contributed by atoms with Crippen LogP contribution < -0.4 is 4.72 Å². The Morgan fingerprint density at radius 2 is 1.83 bits per heavy atom. The number of sulfonamides is 1. The predicted octanol–water partition coefficient (Wildman–Crippen LogP) is 1.77. The van der Waals surface area contributed by atoms with Gasteiger partial charge in [0.1, 0.15) is 0 Å². The fourth-order valence-electron chi connectivity index (χ4n) is 3.28. The molecular formula is C17H24N2O4S. The normalized spacial score (nSPS) is 22.7. The quantitative estimate of drug-likeness (QED) is 0.896. The topological polar surface area (TPSA) is 75.7 Å². The molecule has 132 valence electrons. The lowest BCUT2D eigenvalue weighted by Gasteiger charge is -2.23. The monoisotopic (exact) mass is 352 g/mol. The van der Waals surface area contributed by atoms with Crippen LogP contribution in [0.25, 0.3) is 0 Å². The number of nitrogens with one attached hydrogen (secondary N) is 1. The molecule has 1 atom stereocenters. The Hall–Kier alpha value is -1.44. The first kappa shape index (κ1) is 17.4. The molecule has 0 saturated carbocycles. The van der Waals surface area contributed by atoms with Crippen LogP contribution in [-0.2, 0) is 14.8 Å². The van der Waals surface area contributed by atoms with Crippen molar-refractivity contribution in [2.45, 2.75) is 49.6 Å². The summed E-state index contributed by atoms with van der Waals surface area (Å²) in [5.41, 5.74) is 0.536. The van der Waals surface area contributed by atoms with Crippen LogP contribution in [0.1, 0.15) is 43.0 Å². The molecule has 1 aromatic rings. The van der Waals surface area contributed by atoms with E-state index < -0.39 is 10.0 Å². The van der Waals surface area contributed by atoms with Crippen LogP contribution in [0.3, 0.4) is 0 Å². The fourth-order valence-corrected chi connectivity index (χ4v) is 4.59. The predicted molar refractivity (Wildman–Crippen MR) is 90.3 cm³/mol. The van der Waals surface area contributed by atoms with Crippen molar-refractivity contribution in [3.8, 4) is 0 Å². The standard InChI is InChI=1S/C17H24N2O4S/c1-13-3-2-10-19(13)17(20)14-4-6-16(7-5-14)24(21,22)18-15-8-11-23-12-9-15/h4-7,13,15,18H,2-3,8-12H2,1H3/t13-/m0/s1. The first-order valence-electron chi connectivity index (χ1n) is 8.48. The van der Waals surface area contributed by atoms with Crippen LogP contribution in [0.15, 0.2) is 29.2 Å². The molecule has 2 saturated heterocycles. The highest BCUT2D eigenvalue weighted by atomic mass is 32.2. The number of benzene rings is 1. The summed E-state index contributed by atoms with van der Waals surface area (Å²) in [6.07, 6.45) is 3.41. The highest BCUT2D eigenvalue weighted by Gasteiger charge is 2.27. The lowest BCUT2D eigenvalue weighted by atomic mass is 10.1. The van der Waals surface area contributed by atoms with Crippen LogP contribution in [-0.4, -0.2) is 51.1 Å². The molecule has 0 aliphatic carbocycles. The molecule has 2 aliphatic rings. The Bertz CT molecular complexity index is 681. The number of likely N-dealkylation sites (tertiary alicyclic amines) is 1. The summed E-state index contributed by atoms with van der Waals surface area (Å²) in [7, 11) is -3.56. The molecule has 2 fully saturated rings. The molecule has 1 amide bonds. The van der Waals surface area contributed by atoms with Gasteiger partial charge in [0.2, 0.25) is 10.0 Å². The van der Waals surface area contributed by atoms with Crippen LogP contribution in [0, 0.1) is 0 Å². The summed E-state index contributed by atoms with van der Waals surface area (Å²) >= 11 is 0. The van der Waals surface area contributed by atoms with Gasteiger partial charge in [-0.15, -0.1) is 0 Å². The molecule has 2 heterocycles. The average Bonchev–Trinajstić information content (AvgIpc) is 3.01. The summed E-state index contributed by atoms with van der Waals surface area (Å²) in [6, 6.07) is 6.38. The van der Waals surface area contributed by atoms with Crippen molar-refractivity contribution in [2.75, 3.05) is 19.8 Å². The molecule has 0 aromatic heterocycles. The highest BCUT2D eigenvalue weighted by Crippen LogP contribution is 2.21. The van der Waals surface area contributed by atoms with Crippen molar-refractivity contribution in [3.05, 3.63) is 29.8 Å². The lowest BCUT2D eigenvalue weighted by Crippen LogP contribution is -2.38. The summed E-state index contributed by atoms with van der Waals surface area (Å²) in [5, 5.41) is 0. The summed E-state index contributed by atoms with van der Waals surface area (Å²) < 4.78 is 32.8. The van der Waals surface area contributed by atoms with E-state index in [9.17, 15) is 13.2 Å². The highest BCUT2D eigenvalue weighted by molar-refractivity contribution is 7.89. The third kappa shape index (κ3) is 3.79. The van der Waals surface area contributed by atoms with E-state index in [1.54, 1.807) is 12.1 Å². The Morgan fingerprint density at radius 3 is 2.42 bits per heavy atom. The summed E-state index contributed by atoms with van der Waals surface area (Å²) in [5.74, 6) is -0.0265. The van der Waals surface area contributed by atoms with Gasteiger partial charge in [0.05, 0.1) is 4.90 Å². The van der Waals surface area contributed by atoms with Gasteiger partial charge in [0, 0.05) is 37.4 Å². The van der Waals surface area contributed by atoms with Gasteiger partial charge >= 0.3 is 0 Å². The first-order valence-corrected chi connectivity index (χ1v) is 9.97. The van der Waals surface area contributed by atoms with Gasteiger partial charge in [-0.05, 0) is 56.9 Å². The van der Waals surface area contributed by atoms with Crippen LogP contribution in [0.5, 0.6) is 0 Å². The second-order valence-electron chi connectivity index (χ2n) is 6.52. The maximum atomic E-state index is 12.5. The van der Waals surface area contributed by atoms with Crippen molar-refractivity contribution in [3.63, 3.8) is 0 Å². The maximum Gasteiger partial charge on any atom is 0.254 e. The van der Waals surface area contributed by atoms with Crippen LogP contribution >= 0.6 is 0 Å². The van der Waals surface area contributed by atoms with Crippen molar-refractivity contribution in [1.29, 1.82) is 0 Å². The van der Waals surface area contributed by atoms with Gasteiger partial charge in [0.15, 0.2) is 0 Å². The Balaban J connectivity index is 1.70. The molecule has 24 heavy (non-hydrogen) atoms. The van der Waals surface area contributed by atoms with Crippen molar-refractivity contribution in [2.24, 2.45) is 0 Å². The molecule has 7 heteroatoms. The minimum atomic E-state index is -3.56. The summed E-state index contributed by atoms with van der Waals surface area (Å²) in [6.45, 7) is 3.97. The fraction of sp³-hybridized carbons (Fsp3) is 0.588. The van der Waals surface area contributed by atoms with Crippen LogP contribution in [0.4, 0.5) is 0 Å². The van der Waals surface area contributed by atoms with Gasteiger partial charge in [-0.3, -0.25) is 4.79 Å². The van der Waals surface area contributed by atoms with E-state index in [2.05, 4.69) is 4.72 Å². The smallest absolute Gasteiger partial charge is 0.254 e.